The number of carbonyl (C=O) groups excluding carboxylic acids is 1. The van der Waals surface area contributed by atoms with Gasteiger partial charge in [-0.1, -0.05) is 43.2 Å². The summed E-state index contributed by atoms with van der Waals surface area (Å²) in [6.07, 6.45) is 3.56. The highest BCUT2D eigenvalue weighted by Crippen LogP contribution is 2.32. The molecule has 1 aromatic carbocycles. The Morgan fingerprint density at radius 3 is 2.53 bits per heavy atom. The van der Waals surface area contributed by atoms with Gasteiger partial charge < -0.3 is 9.84 Å². The van der Waals surface area contributed by atoms with Gasteiger partial charge in [-0.05, 0) is 18.4 Å². The van der Waals surface area contributed by atoms with Crippen LogP contribution in [0.25, 0.3) is 0 Å². The highest BCUT2D eigenvalue weighted by atomic mass is 16.5. The molecule has 2 rings (SSSR count). The summed E-state index contributed by atoms with van der Waals surface area (Å²) in [4.78, 5) is 11.6. The first-order valence-electron chi connectivity index (χ1n) is 6.10. The van der Waals surface area contributed by atoms with E-state index in [4.69, 9.17) is 4.74 Å². The zero-order valence-corrected chi connectivity index (χ0v) is 9.89. The zero-order chi connectivity index (χ0) is 12.1. The highest BCUT2D eigenvalue weighted by molar-refractivity contribution is 5.70. The maximum Gasteiger partial charge on any atom is 0.309 e. The van der Waals surface area contributed by atoms with E-state index in [0.717, 1.165) is 18.4 Å². The second-order valence-corrected chi connectivity index (χ2v) is 4.75. The van der Waals surface area contributed by atoms with Gasteiger partial charge in [0.1, 0.15) is 6.61 Å². The van der Waals surface area contributed by atoms with Crippen LogP contribution in [0.5, 0.6) is 0 Å². The fourth-order valence-corrected chi connectivity index (χ4v) is 2.27. The van der Waals surface area contributed by atoms with Crippen molar-refractivity contribution in [3.8, 4) is 0 Å². The summed E-state index contributed by atoms with van der Waals surface area (Å²) in [7, 11) is 0. The van der Waals surface area contributed by atoms with Gasteiger partial charge in [0.2, 0.25) is 0 Å². The number of hydrogen-bond acceptors (Lipinski definition) is 3. The van der Waals surface area contributed by atoms with Crippen molar-refractivity contribution >= 4 is 5.97 Å². The molecule has 0 aliphatic heterocycles. The van der Waals surface area contributed by atoms with E-state index in [9.17, 15) is 9.90 Å². The van der Waals surface area contributed by atoms with Gasteiger partial charge in [-0.15, -0.1) is 0 Å². The van der Waals surface area contributed by atoms with Crippen LogP contribution >= 0.6 is 0 Å². The van der Waals surface area contributed by atoms with Crippen molar-refractivity contribution in [1.82, 2.24) is 0 Å². The number of aliphatic hydroxyl groups is 1. The minimum Gasteiger partial charge on any atom is -0.461 e. The molecule has 3 nitrogen and oxygen atoms in total. The Hall–Kier alpha value is -1.35. The van der Waals surface area contributed by atoms with Gasteiger partial charge in [-0.25, -0.2) is 0 Å². The van der Waals surface area contributed by atoms with Crippen LogP contribution in [-0.2, 0) is 16.1 Å². The van der Waals surface area contributed by atoms with Crippen LogP contribution in [0.15, 0.2) is 30.3 Å². The lowest BCUT2D eigenvalue weighted by molar-refractivity contribution is -0.150. The Labute approximate surface area is 101 Å². The Morgan fingerprint density at radius 2 is 1.88 bits per heavy atom. The molecule has 3 heteroatoms. The van der Waals surface area contributed by atoms with Crippen LogP contribution in [-0.4, -0.2) is 16.7 Å². The van der Waals surface area contributed by atoms with Crippen molar-refractivity contribution in [3.05, 3.63) is 35.9 Å². The molecule has 0 radical (unpaired) electrons. The summed E-state index contributed by atoms with van der Waals surface area (Å²) in [6, 6.07) is 9.57. The topological polar surface area (TPSA) is 46.5 Å². The average Bonchev–Trinajstić information content (AvgIpc) is 2.74. The van der Waals surface area contributed by atoms with Crippen LogP contribution < -0.4 is 0 Å². The van der Waals surface area contributed by atoms with E-state index in [2.05, 4.69) is 0 Å². The van der Waals surface area contributed by atoms with Gasteiger partial charge in [-0.3, -0.25) is 4.79 Å². The summed E-state index contributed by atoms with van der Waals surface area (Å²) in [6.45, 7) is 0.287. The quantitative estimate of drug-likeness (QED) is 0.814. The lowest BCUT2D eigenvalue weighted by Crippen LogP contribution is -2.28. The van der Waals surface area contributed by atoms with Crippen molar-refractivity contribution in [3.63, 3.8) is 0 Å². The van der Waals surface area contributed by atoms with Crippen LogP contribution in [0.2, 0.25) is 0 Å². The smallest absolute Gasteiger partial charge is 0.309 e. The Kier molecular flexibility index (Phi) is 3.79. The number of esters is 1. The molecule has 0 unspecified atom stereocenters. The third-order valence-electron chi connectivity index (χ3n) is 3.25. The highest BCUT2D eigenvalue weighted by Gasteiger charge is 2.33. The Balaban J connectivity index is 1.78. The first-order chi connectivity index (χ1) is 8.18. The summed E-state index contributed by atoms with van der Waals surface area (Å²) >= 11 is 0. The van der Waals surface area contributed by atoms with E-state index in [1.807, 2.05) is 30.3 Å². The van der Waals surface area contributed by atoms with E-state index < -0.39 is 5.60 Å². The third kappa shape index (κ3) is 3.56. The molecular weight excluding hydrogens is 216 g/mol. The zero-order valence-electron chi connectivity index (χ0n) is 9.89. The SMILES string of the molecule is O=C(CC1(O)CCCC1)OCc1ccccc1. The molecule has 0 atom stereocenters. The van der Waals surface area contributed by atoms with E-state index in [1.54, 1.807) is 0 Å². The predicted molar refractivity (Wildman–Crippen MR) is 64.3 cm³/mol. The molecule has 0 spiro atoms. The molecule has 1 N–H and O–H groups in total. The molecule has 1 saturated carbocycles. The average molecular weight is 234 g/mol. The Bertz CT molecular complexity index is 366. The van der Waals surface area contributed by atoms with Crippen molar-refractivity contribution in [2.45, 2.75) is 44.3 Å². The normalized spacial score (nSPS) is 17.9. The molecule has 1 aliphatic rings. The van der Waals surface area contributed by atoms with Gasteiger partial charge in [0.15, 0.2) is 0 Å². The molecule has 1 fully saturated rings. The van der Waals surface area contributed by atoms with Gasteiger partial charge in [0.05, 0.1) is 12.0 Å². The standard InChI is InChI=1S/C14H18O3/c15-13(10-14(16)8-4-5-9-14)17-11-12-6-2-1-3-7-12/h1-3,6-7,16H,4-5,8-11H2. The lowest BCUT2D eigenvalue weighted by atomic mass is 9.98. The number of carbonyl (C=O) groups is 1. The molecule has 0 amide bonds. The van der Waals surface area contributed by atoms with Gasteiger partial charge in [0.25, 0.3) is 0 Å². The van der Waals surface area contributed by atoms with Crippen LogP contribution in [0, 0.1) is 0 Å². The summed E-state index contributed by atoms with van der Waals surface area (Å²) in [5, 5.41) is 10.1. The molecule has 1 aliphatic carbocycles. The summed E-state index contributed by atoms with van der Waals surface area (Å²) < 4.78 is 5.16. The first kappa shape index (κ1) is 12.1. The van der Waals surface area contributed by atoms with Crippen molar-refractivity contribution < 1.29 is 14.6 Å². The maximum atomic E-state index is 11.6. The van der Waals surface area contributed by atoms with Crippen LogP contribution in [0.3, 0.4) is 0 Å². The van der Waals surface area contributed by atoms with Crippen LogP contribution in [0.4, 0.5) is 0 Å². The largest absolute Gasteiger partial charge is 0.461 e. The number of benzene rings is 1. The molecular formula is C14H18O3. The monoisotopic (exact) mass is 234 g/mol. The van der Waals surface area contributed by atoms with Gasteiger partial charge in [0, 0.05) is 0 Å². The van der Waals surface area contributed by atoms with Gasteiger partial charge in [-0.2, -0.15) is 0 Å². The van der Waals surface area contributed by atoms with E-state index in [1.165, 1.54) is 0 Å². The molecule has 0 heterocycles. The second kappa shape index (κ2) is 5.32. The minimum atomic E-state index is -0.812. The number of hydrogen-bond donors (Lipinski definition) is 1. The van der Waals surface area contributed by atoms with Crippen molar-refractivity contribution in [2.75, 3.05) is 0 Å². The molecule has 92 valence electrons. The summed E-state index contributed by atoms with van der Waals surface area (Å²) in [5.41, 5.74) is 0.160. The minimum absolute atomic E-state index is 0.125. The first-order valence-corrected chi connectivity index (χ1v) is 6.10. The van der Waals surface area contributed by atoms with Crippen molar-refractivity contribution in [2.24, 2.45) is 0 Å². The van der Waals surface area contributed by atoms with Crippen molar-refractivity contribution in [1.29, 1.82) is 0 Å². The Morgan fingerprint density at radius 1 is 1.24 bits per heavy atom. The number of ether oxygens (including phenoxy) is 1. The van der Waals surface area contributed by atoms with E-state index in [0.29, 0.717) is 12.8 Å². The van der Waals surface area contributed by atoms with Gasteiger partial charge >= 0.3 is 5.97 Å². The second-order valence-electron chi connectivity index (χ2n) is 4.75. The molecule has 0 bridgehead atoms. The summed E-state index contributed by atoms with van der Waals surface area (Å²) in [5.74, 6) is -0.307. The van der Waals surface area contributed by atoms with E-state index in [-0.39, 0.29) is 19.0 Å². The van der Waals surface area contributed by atoms with Crippen LogP contribution in [0.1, 0.15) is 37.7 Å². The third-order valence-corrected chi connectivity index (χ3v) is 3.25. The molecule has 0 aromatic heterocycles. The molecule has 17 heavy (non-hydrogen) atoms. The lowest BCUT2D eigenvalue weighted by Gasteiger charge is -2.20. The van der Waals surface area contributed by atoms with E-state index >= 15 is 0 Å². The predicted octanol–water partition coefficient (Wildman–Crippen LogP) is 2.43. The number of rotatable bonds is 4. The maximum absolute atomic E-state index is 11.6. The fourth-order valence-electron chi connectivity index (χ4n) is 2.27. The fraction of sp³-hybridized carbons (Fsp3) is 0.500. The molecule has 1 aromatic rings. The molecule has 0 saturated heterocycles.